The minimum atomic E-state index is 0.305. The van der Waals surface area contributed by atoms with Crippen LogP contribution in [0.15, 0.2) is 48.5 Å². The Balaban J connectivity index is 2.05. The van der Waals surface area contributed by atoms with Gasteiger partial charge in [-0.15, -0.1) is 0 Å². The maximum absolute atomic E-state index is 9.51. The van der Waals surface area contributed by atoms with Gasteiger partial charge in [0.1, 0.15) is 11.5 Å². The molecule has 0 amide bonds. The van der Waals surface area contributed by atoms with Crippen molar-refractivity contribution in [1.82, 2.24) is 0 Å². The van der Waals surface area contributed by atoms with Crippen LogP contribution in [0.1, 0.15) is 11.1 Å². The van der Waals surface area contributed by atoms with Gasteiger partial charge in [0.05, 0.1) is 7.11 Å². The molecule has 20 heavy (non-hydrogen) atoms. The van der Waals surface area contributed by atoms with Crippen LogP contribution in [0.3, 0.4) is 0 Å². The number of benzene rings is 2. The number of methoxy groups -OCH3 is 1. The maximum atomic E-state index is 9.51. The lowest BCUT2D eigenvalue weighted by atomic mass is 9.92. The Morgan fingerprint density at radius 3 is 2.30 bits per heavy atom. The topological polar surface area (TPSA) is 55.5 Å². The summed E-state index contributed by atoms with van der Waals surface area (Å²) in [6.07, 6.45) is 1.77. The minimum absolute atomic E-state index is 0.305. The van der Waals surface area contributed by atoms with Crippen LogP contribution in [0, 0.1) is 5.92 Å². The molecule has 1 atom stereocenters. The molecule has 0 saturated heterocycles. The Morgan fingerprint density at radius 2 is 1.70 bits per heavy atom. The fraction of sp³-hybridized carbons (Fsp3) is 0.294. The molecule has 2 aromatic rings. The van der Waals surface area contributed by atoms with Crippen LogP contribution in [-0.2, 0) is 12.8 Å². The van der Waals surface area contributed by atoms with Gasteiger partial charge in [-0.25, -0.2) is 0 Å². The molecule has 3 heteroatoms. The zero-order chi connectivity index (χ0) is 14.4. The number of ether oxygens (including phenoxy) is 1. The summed E-state index contributed by atoms with van der Waals surface area (Å²) in [7, 11) is 1.67. The van der Waals surface area contributed by atoms with Gasteiger partial charge < -0.3 is 15.6 Å². The normalized spacial score (nSPS) is 12.1. The highest BCUT2D eigenvalue weighted by atomic mass is 16.5. The van der Waals surface area contributed by atoms with Gasteiger partial charge >= 0.3 is 0 Å². The Kier molecular flexibility index (Phi) is 5.02. The molecular formula is C17H21NO2. The lowest BCUT2D eigenvalue weighted by Gasteiger charge is -2.15. The summed E-state index contributed by atoms with van der Waals surface area (Å²) in [5.74, 6) is 1.53. The third kappa shape index (κ3) is 4.00. The lowest BCUT2D eigenvalue weighted by Crippen LogP contribution is -2.19. The molecule has 0 aliphatic rings. The largest absolute Gasteiger partial charge is 0.508 e. The van der Waals surface area contributed by atoms with E-state index in [1.54, 1.807) is 19.2 Å². The SMILES string of the molecule is COc1cccc(CC(CN)Cc2cccc(O)c2)c1. The first kappa shape index (κ1) is 14.4. The number of hydrogen-bond acceptors (Lipinski definition) is 3. The van der Waals surface area contributed by atoms with Crippen molar-refractivity contribution in [3.8, 4) is 11.5 Å². The lowest BCUT2D eigenvalue weighted by molar-refractivity contribution is 0.413. The van der Waals surface area contributed by atoms with E-state index in [1.807, 2.05) is 30.3 Å². The van der Waals surface area contributed by atoms with Gasteiger partial charge in [-0.3, -0.25) is 0 Å². The number of hydrogen-bond donors (Lipinski definition) is 2. The van der Waals surface area contributed by atoms with Gasteiger partial charge in [-0.05, 0) is 60.7 Å². The Bertz CT molecular complexity index is 554. The first-order valence-electron chi connectivity index (χ1n) is 6.82. The second-order valence-electron chi connectivity index (χ2n) is 5.03. The summed E-state index contributed by atoms with van der Waals surface area (Å²) >= 11 is 0. The van der Waals surface area contributed by atoms with Gasteiger partial charge in [-0.2, -0.15) is 0 Å². The maximum Gasteiger partial charge on any atom is 0.119 e. The Labute approximate surface area is 120 Å². The van der Waals surface area contributed by atoms with E-state index in [0.29, 0.717) is 18.2 Å². The molecule has 0 aliphatic heterocycles. The fourth-order valence-electron chi connectivity index (χ4n) is 2.39. The van der Waals surface area contributed by atoms with Crippen LogP contribution in [-0.4, -0.2) is 18.8 Å². The Morgan fingerprint density at radius 1 is 1.05 bits per heavy atom. The van der Waals surface area contributed by atoms with E-state index in [-0.39, 0.29) is 0 Å². The molecule has 3 nitrogen and oxygen atoms in total. The van der Waals surface area contributed by atoms with Crippen molar-refractivity contribution in [3.05, 3.63) is 59.7 Å². The number of nitrogens with two attached hydrogens (primary N) is 1. The zero-order valence-corrected chi connectivity index (χ0v) is 11.8. The van der Waals surface area contributed by atoms with Crippen LogP contribution in [0.5, 0.6) is 11.5 Å². The number of phenols is 1. The van der Waals surface area contributed by atoms with E-state index >= 15 is 0 Å². The molecule has 2 aromatic carbocycles. The monoisotopic (exact) mass is 271 g/mol. The molecule has 1 unspecified atom stereocenters. The van der Waals surface area contributed by atoms with Crippen LogP contribution in [0.2, 0.25) is 0 Å². The van der Waals surface area contributed by atoms with Crippen molar-refractivity contribution < 1.29 is 9.84 Å². The molecule has 0 heterocycles. The van der Waals surface area contributed by atoms with E-state index in [9.17, 15) is 5.11 Å². The first-order chi connectivity index (χ1) is 9.71. The molecule has 0 radical (unpaired) electrons. The molecular weight excluding hydrogens is 250 g/mol. The Hall–Kier alpha value is -2.00. The van der Waals surface area contributed by atoms with Crippen LogP contribution >= 0.6 is 0 Å². The molecule has 0 aromatic heterocycles. The van der Waals surface area contributed by atoms with Crippen LogP contribution < -0.4 is 10.5 Å². The van der Waals surface area contributed by atoms with Crippen molar-refractivity contribution in [3.63, 3.8) is 0 Å². The zero-order valence-electron chi connectivity index (χ0n) is 11.8. The highest BCUT2D eigenvalue weighted by molar-refractivity contribution is 5.30. The smallest absolute Gasteiger partial charge is 0.119 e. The van der Waals surface area contributed by atoms with Crippen molar-refractivity contribution in [2.75, 3.05) is 13.7 Å². The van der Waals surface area contributed by atoms with E-state index in [0.717, 1.165) is 24.2 Å². The second-order valence-corrected chi connectivity index (χ2v) is 5.03. The van der Waals surface area contributed by atoms with E-state index in [1.165, 1.54) is 5.56 Å². The van der Waals surface area contributed by atoms with Gasteiger partial charge in [0.25, 0.3) is 0 Å². The van der Waals surface area contributed by atoms with Gasteiger partial charge in [0.2, 0.25) is 0 Å². The average molecular weight is 271 g/mol. The standard InChI is InChI=1S/C17H21NO2/c1-20-17-7-3-5-14(11-17)9-15(12-18)8-13-4-2-6-16(19)10-13/h2-7,10-11,15,19H,8-9,12,18H2,1H3. The average Bonchev–Trinajstić information content (AvgIpc) is 2.47. The summed E-state index contributed by atoms with van der Waals surface area (Å²) in [5, 5.41) is 9.51. The number of aromatic hydroxyl groups is 1. The molecule has 0 spiro atoms. The van der Waals surface area contributed by atoms with Crippen LogP contribution in [0.25, 0.3) is 0 Å². The summed E-state index contributed by atoms with van der Waals surface area (Å²) in [5.41, 5.74) is 8.22. The minimum Gasteiger partial charge on any atom is -0.508 e. The molecule has 0 aliphatic carbocycles. The quantitative estimate of drug-likeness (QED) is 0.849. The second kappa shape index (κ2) is 6.96. The van der Waals surface area contributed by atoms with Crippen molar-refractivity contribution >= 4 is 0 Å². The van der Waals surface area contributed by atoms with Gasteiger partial charge in [-0.1, -0.05) is 24.3 Å². The summed E-state index contributed by atoms with van der Waals surface area (Å²) < 4.78 is 5.24. The van der Waals surface area contributed by atoms with Crippen molar-refractivity contribution in [2.45, 2.75) is 12.8 Å². The molecule has 0 fully saturated rings. The summed E-state index contributed by atoms with van der Waals surface area (Å²) in [4.78, 5) is 0. The highest BCUT2D eigenvalue weighted by Gasteiger charge is 2.10. The molecule has 106 valence electrons. The van der Waals surface area contributed by atoms with E-state index in [4.69, 9.17) is 10.5 Å². The number of phenolic OH excluding ortho intramolecular Hbond substituents is 1. The van der Waals surface area contributed by atoms with Crippen LogP contribution in [0.4, 0.5) is 0 Å². The van der Waals surface area contributed by atoms with Crippen molar-refractivity contribution in [1.29, 1.82) is 0 Å². The predicted octanol–water partition coefficient (Wildman–Crippen LogP) is 2.76. The highest BCUT2D eigenvalue weighted by Crippen LogP contribution is 2.20. The fourth-order valence-corrected chi connectivity index (χ4v) is 2.39. The molecule has 0 bridgehead atoms. The van der Waals surface area contributed by atoms with Gasteiger partial charge in [0, 0.05) is 0 Å². The molecule has 3 N–H and O–H groups in total. The first-order valence-corrected chi connectivity index (χ1v) is 6.82. The molecule has 2 rings (SSSR count). The number of rotatable bonds is 6. The third-order valence-corrected chi connectivity index (χ3v) is 3.43. The summed E-state index contributed by atoms with van der Waals surface area (Å²) in [6, 6.07) is 15.4. The van der Waals surface area contributed by atoms with Crippen molar-refractivity contribution in [2.24, 2.45) is 11.7 Å². The summed E-state index contributed by atoms with van der Waals surface area (Å²) in [6.45, 7) is 0.618. The van der Waals surface area contributed by atoms with E-state index in [2.05, 4.69) is 6.07 Å². The third-order valence-electron chi connectivity index (χ3n) is 3.43. The predicted molar refractivity (Wildman–Crippen MR) is 81.1 cm³/mol. The molecule has 0 saturated carbocycles. The van der Waals surface area contributed by atoms with E-state index < -0.39 is 0 Å². The van der Waals surface area contributed by atoms with Gasteiger partial charge in [0.15, 0.2) is 0 Å².